The molecule has 0 radical (unpaired) electrons. The maximum atomic E-state index is 13.4. The van der Waals surface area contributed by atoms with Gasteiger partial charge in [0.05, 0.1) is 13.2 Å². The number of allylic oxidation sites excluding steroid dienone is 1. The predicted molar refractivity (Wildman–Crippen MR) is 233 cm³/mol. The van der Waals surface area contributed by atoms with Crippen LogP contribution in [0, 0.1) is 0 Å². The van der Waals surface area contributed by atoms with Crippen molar-refractivity contribution in [3.8, 4) is 0 Å². The molecule has 0 spiro atoms. The second-order valence-electron chi connectivity index (χ2n) is 15.9. The third-order valence-corrected chi connectivity index (χ3v) is 10.2. The van der Waals surface area contributed by atoms with E-state index in [1.165, 1.54) is 38.5 Å². The number of hydrogen-bond acceptors (Lipinski definition) is 11. The van der Waals surface area contributed by atoms with Gasteiger partial charge in [-0.1, -0.05) is 149 Å². The van der Waals surface area contributed by atoms with Crippen LogP contribution in [-0.2, 0) is 47.6 Å². The molecule has 59 heavy (non-hydrogen) atoms. The van der Waals surface area contributed by atoms with Crippen LogP contribution in [0.4, 0.5) is 4.79 Å². The summed E-state index contributed by atoms with van der Waals surface area (Å²) in [6, 6.07) is 0. The average Bonchev–Trinajstić information content (AvgIpc) is 3.20. The molecule has 0 aromatic heterocycles. The zero-order valence-corrected chi connectivity index (χ0v) is 38.3. The first-order valence-corrected chi connectivity index (χ1v) is 23.9. The van der Waals surface area contributed by atoms with Gasteiger partial charge in [0.15, 0.2) is 0 Å². The molecule has 0 aliphatic rings. The van der Waals surface area contributed by atoms with Crippen LogP contribution >= 0.6 is 0 Å². The van der Waals surface area contributed by atoms with Crippen LogP contribution in [0.3, 0.4) is 0 Å². The molecule has 0 aliphatic carbocycles. The Hall–Kier alpha value is -3.11. The Morgan fingerprint density at radius 2 is 0.847 bits per heavy atom. The summed E-state index contributed by atoms with van der Waals surface area (Å²) in [4.78, 5) is 63.9. The molecule has 2 unspecified atom stereocenters. The van der Waals surface area contributed by atoms with Crippen LogP contribution in [0.5, 0.6) is 0 Å². The van der Waals surface area contributed by atoms with Gasteiger partial charge in [0, 0.05) is 38.5 Å². The molecular weight excluding hydrogens is 753 g/mol. The van der Waals surface area contributed by atoms with Gasteiger partial charge in [-0.15, -0.1) is 0 Å². The van der Waals surface area contributed by atoms with Crippen molar-refractivity contribution in [2.75, 3.05) is 13.2 Å². The van der Waals surface area contributed by atoms with Crippen LogP contribution in [0.25, 0.3) is 0 Å². The molecule has 0 fully saturated rings. The molecule has 0 bridgehead atoms. The molecule has 11 nitrogen and oxygen atoms in total. The fourth-order valence-corrected chi connectivity index (χ4v) is 6.64. The highest BCUT2D eigenvalue weighted by Gasteiger charge is 2.37. The Balaban J connectivity index is 5.27. The van der Waals surface area contributed by atoms with Gasteiger partial charge < -0.3 is 28.4 Å². The molecular formula is C48H86O11. The molecule has 0 heterocycles. The van der Waals surface area contributed by atoms with E-state index in [1.54, 1.807) is 19.1 Å². The second kappa shape index (κ2) is 40.3. The maximum Gasteiger partial charge on any atom is 0.514 e. The Kier molecular flexibility index (Phi) is 38.2. The first-order valence-electron chi connectivity index (χ1n) is 23.9. The highest BCUT2D eigenvalue weighted by molar-refractivity contribution is 5.72. The maximum absolute atomic E-state index is 13.4. The van der Waals surface area contributed by atoms with Crippen molar-refractivity contribution in [3.63, 3.8) is 0 Å². The van der Waals surface area contributed by atoms with Gasteiger partial charge in [0.1, 0.15) is 0 Å². The van der Waals surface area contributed by atoms with Crippen molar-refractivity contribution in [1.29, 1.82) is 0 Å². The zero-order chi connectivity index (χ0) is 43.7. The first kappa shape index (κ1) is 55.9. The lowest BCUT2D eigenvalue weighted by Crippen LogP contribution is -2.40. The predicted octanol–water partition coefficient (Wildman–Crippen LogP) is 13.5. The number of unbranched alkanes of at least 4 members (excludes halogenated alkanes) is 20. The van der Waals surface area contributed by atoms with Gasteiger partial charge in [-0.3, -0.25) is 19.2 Å². The van der Waals surface area contributed by atoms with Crippen LogP contribution < -0.4 is 0 Å². The van der Waals surface area contributed by atoms with Gasteiger partial charge >= 0.3 is 30.0 Å². The monoisotopic (exact) mass is 839 g/mol. The number of rotatable bonds is 41. The minimum Gasteiger partial charge on any atom is -0.466 e. The lowest BCUT2D eigenvalue weighted by molar-refractivity contribution is -0.209. The third kappa shape index (κ3) is 35.4. The molecule has 2 atom stereocenters. The van der Waals surface area contributed by atoms with Gasteiger partial charge in [-0.05, 0) is 64.4 Å². The summed E-state index contributed by atoms with van der Waals surface area (Å²) in [5.74, 6) is -3.34. The summed E-state index contributed by atoms with van der Waals surface area (Å²) in [6.45, 7) is 11.2. The number of carbonyl (C=O) groups is 5. The molecule has 11 heteroatoms. The van der Waals surface area contributed by atoms with Crippen LogP contribution in [0.2, 0.25) is 0 Å². The van der Waals surface area contributed by atoms with Crippen molar-refractivity contribution < 1.29 is 52.4 Å². The standard InChI is InChI=1S/C48H86O11/c1-6-11-15-19-23-31-40-54-42(49)33-26-28-35-44(51)56-46(37-25-21-17-13-8-3)57-47(53)59-48(38-10-5,39-30-22-18-14-9-4)58-45(52)36-29-27-34-43(50)55-41-32-24-20-16-12-7-2/h10,38,46H,6-9,11-37,39-41H2,1-5H3/b38-10+. The Bertz CT molecular complexity index is 1090. The van der Waals surface area contributed by atoms with Gasteiger partial charge in [0.2, 0.25) is 0 Å². The van der Waals surface area contributed by atoms with E-state index in [2.05, 4.69) is 27.7 Å². The zero-order valence-electron chi connectivity index (χ0n) is 38.3. The van der Waals surface area contributed by atoms with Crippen LogP contribution in [0.1, 0.15) is 240 Å². The van der Waals surface area contributed by atoms with Crippen molar-refractivity contribution in [3.05, 3.63) is 12.2 Å². The molecule has 0 saturated heterocycles. The Morgan fingerprint density at radius 1 is 0.441 bits per heavy atom. The van der Waals surface area contributed by atoms with Gasteiger partial charge in [-0.2, -0.15) is 0 Å². The SMILES string of the molecule is C/C=C/C(CCCCCCC)(OC(=O)CCCCC(=O)OCCCCCCCC)OC(=O)OC(CCCCCCC)OC(=O)CCCCC(=O)OCCCCCCCC. The summed E-state index contributed by atoms with van der Waals surface area (Å²) in [7, 11) is 0. The highest BCUT2D eigenvalue weighted by atomic mass is 16.8. The van der Waals surface area contributed by atoms with E-state index < -0.39 is 30.2 Å². The third-order valence-electron chi connectivity index (χ3n) is 10.2. The average molecular weight is 839 g/mol. The lowest BCUT2D eigenvalue weighted by atomic mass is 10.0. The molecule has 0 amide bonds. The quantitative estimate of drug-likeness (QED) is 0.0191. The summed E-state index contributed by atoms with van der Waals surface area (Å²) in [5.41, 5.74) is 0. The molecule has 0 N–H and O–H groups in total. The first-order chi connectivity index (χ1) is 28.6. The van der Waals surface area contributed by atoms with Crippen LogP contribution in [-0.4, -0.2) is 55.3 Å². The largest absolute Gasteiger partial charge is 0.514 e. The molecule has 0 aromatic carbocycles. The van der Waals surface area contributed by atoms with Gasteiger partial charge in [0.25, 0.3) is 12.1 Å². The van der Waals surface area contributed by atoms with Crippen molar-refractivity contribution >= 4 is 30.0 Å². The smallest absolute Gasteiger partial charge is 0.466 e. The van der Waals surface area contributed by atoms with Crippen molar-refractivity contribution in [2.24, 2.45) is 0 Å². The molecule has 344 valence electrons. The van der Waals surface area contributed by atoms with Crippen molar-refractivity contribution in [2.45, 2.75) is 252 Å². The number of hydrogen-bond donors (Lipinski definition) is 0. The Morgan fingerprint density at radius 3 is 1.32 bits per heavy atom. The minimum absolute atomic E-state index is 0.0348. The molecule has 0 rings (SSSR count). The van der Waals surface area contributed by atoms with E-state index in [4.69, 9.17) is 28.4 Å². The fourth-order valence-electron chi connectivity index (χ4n) is 6.64. The Labute approximate surface area is 359 Å². The van der Waals surface area contributed by atoms with Crippen molar-refractivity contribution in [1.82, 2.24) is 0 Å². The highest BCUT2D eigenvalue weighted by Crippen LogP contribution is 2.27. The van der Waals surface area contributed by atoms with Crippen LogP contribution in [0.15, 0.2) is 12.2 Å². The van der Waals surface area contributed by atoms with E-state index in [9.17, 15) is 24.0 Å². The lowest BCUT2D eigenvalue weighted by Gasteiger charge is -2.30. The summed E-state index contributed by atoms with van der Waals surface area (Å²) >= 11 is 0. The summed E-state index contributed by atoms with van der Waals surface area (Å²) < 4.78 is 33.7. The van der Waals surface area contributed by atoms with E-state index in [-0.39, 0.29) is 44.0 Å². The normalized spacial score (nSPS) is 12.8. The van der Waals surface area contributed by atoms with E-state index in [0.717, 1.165) is 89.9 Å². The van der Waals surface area contributed by atoms with Gasteiger partial charge in [-0.25, -0.2) is 4.79 Å². The second-order valence-corrected chi connectivity index (χ2v) is 15.9. The summed E-state index contributed by atoms with van der Waals surface area (Å²) in [6.07, 6.45) is 26.5. The fraction of sp³-hybridized carbons (Fsp3) is 0.854. The molecule has 0 aliphatic heterocycles. The topological polar surface area (TPSA) is 141 Å². The minimum atomic E-state index is -1.70. The molecule has 0 aromatic rings. The van der Waals surface area contributed by atoms with E-state index in [1.807, 2.05) is 0 Å². The number of ether oxygens (including phenoxy) is 6. The van der Waals surface area contributed by atoms with E-state index >= 15 is 0 Å². The van der Waals surface area contributed by atoms with E-state index in [0.29, 0.717) is 58.2 Å². The summed E-state index contributed by atoms with van der Waals surface area (Å²) in [5, 5.41) is 0. The molecule has 0 saturated carbocycles. The number of carbonyl (C=O) groups excluding carboxylic acids is 5. The number of esters is 4.